The highest BCUT2D eigenvalue weighted by Gasteiger charge is 2.05. The van der Waals surface area contributed by atoms with Crippen molar-refractivity contribution in [2.24, 2.45) is 0 Å². The van der Waals surface area contributed by atoms with Gasteiger partial charge in [-0.25, -0.2) is 0 Å². The van der Waals surface area contributed by atoms with Crippen LogP contribution in [0.5, 0.6) is 0 Å². The van der Waals surface area contributed by atoms with E-state index < -0.39 is 0 Å². The second kappa shape index (κ2) is 32.9. The Morgan fingerprint density at radius 3 is 0.778 bits per heavy atom. The molecular weight excluding hydrogens is 442 g/mol. The molecule has 0 radical (unpaired) electrons. The first-order chi connectivity index (χ1) is 17.8. The lowest BCUT2D eigenvalue weighted by Crippen LogP contribution is -2.27. The van der Waals surface area contributed by atoms with Crippen molar-refractivity contribution in [1.82, 2.24) is 4.90 Å². The van der Waals surface area contributed by atoms with Crippen molar-refractivity contribution in [2.75, 3.05) is 32.8 Å². The van der Waals surface area contributed by atoms with Crippen LogP contribution in [0, 0.1) is 0 Å². The zero-order valence-electron chi connectivity index (χ0n) is 25.0. The van der Waals surface area contributed by atoms with Gasteiger partial charge in [0.2, 0.25) is 0 Å². The van der Waals surface area contributed by atoms with E-state index in [0.717, 1.165) is 12.8 Å². The number of aliphatic hydroxyl groups excluding tert-OH is 2. The lowest BCUT2D eigenvalue weighted by molar-refractivity contribution is 0.254. The molecule has 0 rings (SSSR count). The molecule has 0 saturated heterocycles. The van der Waals surface area contributed by atoms with Gasteiger partial charge in [-0.15, -0.1) is 0 Å². The van der Waals surface area contributed by atoms with Gasteiger partial charge >= 0.3 is 0 Å². The molecule has 0 aliphatic rings. The van der Waals surface area contributed by atoms with Gasteiger partial charge in [0.25, 0.3) is 0 Å². The lowest BCUT2D eigenvalue weighted by Gasteiger charge is -2.22. The maximum atomic E-state index is 8.86. The van der Waals surface area contributed by atoms with E-state index in [2.05, 4.69) is 11.8 Å². The Morgan fingerprint density at radius 2 is 0.528 bits per heavy atom. The fraction of sp³-hybridized carbons (Fsp3) is 1.00. The molecule has 0 bridgehead atoms. The topological polar surface area (TPSA) is 43.7 Å². The number of hydrogen-bond donors (Lipinski definition) is 2. The van der Waals surface area contributed by atoms with Crippen LogP contribution in [0.4, 0.5) is 0 Å². The maximum Gasteiger partial charge on any atom is 0.0431 e. The molecule has 0 aromatic rings. The van der Waals surface area contributed by atoms with E-state index in [0.29, 0.717) is 13.2 Å². The summed E-state index contributed by atoms with van der Waals surface area (Å²) in [5.74, 6) is 0. The minimum Gasteiger partial charge on any atom is -0.396 e. The number of rotatable bonds is 32. The highest BCUT2D eigenvalue weighted by molar-refractivity contribution is 4.61. The first-order valence-electron chi connectivity index (χ1n) is 16.8. The van der Waals surface area contributed by atoms with Crippen LogP contribution in [0.15, 0.2) is 0 Å². The van der Waals surface area contributed by atoms with Crippen LogP contribution in [0.2, 0.25) is 0 Å². The van der Waals surface area contributed by atoms with Gasteiger partial charge in [-0.2, -0.15) is 0 Å². The third-order valence-corrected chi connectivity index (χ3v) is 7.84. The predicted molar refractivity (Wildman–Crippen MR) is 161 cm³/mol. The zero-order chi connectivity index (χ0) is 26.2. The van der Waals surface area contributed by atoms with E-state index in [1.807, 2.05) is 0 Å². The first-order valence-corrected chi connectivity index (χ1v) is 16.8. The third kappa shape index (κ3) is 30.1. The van der Waals surface area contributed by atoms with Crippen molar-refractivity contribution in [3.8, 4) is 0 Å². The summed E-state index contributed by atoms with van der Waals surface area (Å²) < 4.78 is 0. The molecule has 0 aliphatic carbocycles. The molecule has 2 N–H and O–H groups in total. The van der Waals surface area contributed by atoms with Gasteiger partial charge in [0.15, 0.2) is 0 Å². The maximum absolute atomic E-state index is 8.86. The van der Waals surface area contributed by atoms with E-state index in [-0.39, 0.29) is 0 Å². The summed E-state index contributed by atoms with van der Waals surface area (Å²) in [6, 6.07) is 0. The van der Waals surface area contributed by atoms with Crippen molar-refractivity contribution in [1.29, 1.82) is 0 Å². The van der Waals surface area contributed by atoms with Gasteiger partial charge in [-0.3, -0.25) is 0 Å². The average molecular weight is 512 g/mol. The summed E-state index contributed by atoms with van der Waals surface area (Å²) in [7, 11) is 0. The minimum absolute atomic E-state index is 0.363. The third-order valence-electron chi connectivity index (χ3n) is 7.84. The van der Waals surface area contributed by atoms with Crippen LogP contribution in [-0.4, -0.2) is 48.0 Å². The molecule has 0 aromatic heterocycles. The van der Waals surface area contributed by atoms with Crippen molar-refractivity contribution in [3.05, 3.63) is 0 Å². The molecule has 0 aromatic carbocycles. The highest BCUT2D eigenvalue weighted by atomic mass is 16.3. The molecule has 0 atom stereocenters. The van der Waals surface area contributed by atoms with Crippen LogP contribution in [0.3, 0.4) is 0 Å². The van der Waals surface area contributed by atoms with Gasteiger partial charge in [0.1, 0.15) is 0 Å². The predicted octanol–water partition coefficient (Wildman–Crippen LogP) is 9.83. The van der Waals surface area contributed by atoms with Crippen LogP contribution in [0.1, 0.15) is 180 Å². The number of unbranched alkanes of at least 4 members (excludes halogenated alkanes) is 24. The molecule has 0 spiro atoms. The highest BCUT2D eigenvalue weighted by Crippen LogP contribution is 2.14. The van der Waals surface area contributed by atoms with Crippen molar-refractivity contribution >= 4 is 0 Å². The molecule has 3 heteroatoms. The Bertz CT molecular complexity index is 353. The second-order valence-electron chi connectivity index (χ2n) is 11.5. The quantitative estimate of drug-likeness (QED) is 0.0883. The van der Waals surface area contributed by atoms with Crippen LogP contribution in [-0.2, 0) is 0 Å². The molecule has 0 unspecified atom stereocenters. The fourth-order valence-corrected chi connectivity index (χ4v) is 5.35. The molecular formula is C33H69NO2. The Kier molecular flexibility index (Phi) is 32.8. The van der Waals surface area contributed by atoms with Crippen LogP contribution in [0.25, 0.3) is 0 Å². The molecule has 0 fully saturated rings. The molecule has 0 heterocycles. The van der Waals surface area contributed by atoms with Gasteiger partial charge < -0.3 is 15.1 Å². The Morgan fingerprint density at radius 1 is 0.306 bits per heavy atom. The average Bonchev–Trinajstić information content (AvgIpc) is 2.89. The summed E-state index contributed by atoms with van der Waals surface area (Å²) in [6.07, 6.45) is 36.5. The summed E-state index contributed by atoms with van der Waals surface area (Å²) in [6.45, 7) is 6.99. The van der Waals surface area contributed by atoms with Gasteiger partial charge in [-0.05, 0) is 51.7 Å². The van der Waals surface area contributed by atoms with Crippen molar-refractivity contribution in [3.63, 3.8) is 0 Å². The second-order valence-corrected chi connectivity index (χ2v) is 11.5. The number of hydrogen-bond acceptors (Lipinski definition) is 3. The monoisotopic (exact) mass is 512 g/mol. The largest absolute Gasteiger partial charge is 0.396 e. The fourth-order valence-electron chi connectivity index (χ4n) is 5.35. The lowest BCUT2D eigenvalue weighted by atomic mass is 10.1. The van der Waals surface area contributed by atoms with Crippen LogP contribution < -0.4 is 0 Å². The minimum atomic E-state index is 0.363. The Labute approximate surface area is 228 Å². The summed E-state index contributed by atoms with van der Waals surface area (Å²) >= 11 is 0. The molecule has 36 heavy (non-hydrogen) atoms. The van der Waals surface area contributed by atoms with E-state index in [4.69, 9.17) is 10.2 Å². The SMILES string of the molecule is CCCCCCCCCCCN(CCCCCCCCCCCO)CCCCCCCCCCCO. The molecule has 0 amide bonds. The van der Waals surface area contributed by atoms with Gasteiger partial charge in [-0.1, -0.05) is 148 Å². The summed E-state index contributed by atoms with van der Waals surface area (Å²) in [5, 5.41) is 17.7. The van der Waals surface area contributed by atoms with E-state index >= 15 is 0 Å². The smallest absolute Gasteiger partial charge is 0.0431 e. The normalized spacial score (nSPS) is 11.7. The summed E-state index contributed by atoms with van der Waals surface area (Å²) in [5.41, 5.74) is 0. The van der Waals surface area contributed by atoms with Crippen molar-refractivity contribution < 1.29 is 10.2 Å². The number of aliphatic hydroxyl groups is 2. The van der Waals surface area contributed by atoms with E-state index in [9.17, 15) is 0 Å². The van der Waals surface area contributed by atoms with E-state index in [1.165, 1.54) is 180 Å². The summed E-state index contributed by atoms with van der Waals surface area (Å²) in [4.78, 5) is 2.80. The van der Waals surface area contributed by atoms with Gasteiger partial charge in [0.05, 0.1) is 0 Å². The Hall–Kier alpha value is -0.120. The number of nitrogens with zero attached hydrogens (tertiary/aromatic N) is 1. The molecule has 0 aliphatic heterocycles. The first kappa shape index (κ1) is 35.9. The molecule has 0 saturated carbocycles. The zero-order valence-corrected chi connectivity index (χ0v) is 25.0. The van der Waals surface area contributed by atoms with Crippen LogP contribution >= 0.6 is 0 Å². The van der Waals surface area contributed by atoms with Gasteiger partial charge in [0, 0.05) is 13.2 Å². The van der Waals surface area contributed by atoms with E-state index in [1.54, 1.807) is 0 Å². The standard InChI is InChI=1S/C33H69NO2/c1-2-3-4-5-6-9-14-19-24-29-34(30-25-20-15-10-7-12-17-22-27-32-35)31-26-21-16-11-8-13-18-23-28-33-36/h35-36H,2-33H2,1H3. The Balaban J connectivity index is 3.86. The molecule has 218 valence electrons. The van der Waals surface area contributed by atoms with Crippen molar-refractivity contribution in [2.45, 2.75) is 180 Å². The molecule has 3 nitrogen and oxygen atoms in total.